The SMILES string of the molecule is C=C[C@H](C)n1c(=O)c2c(nc3n(-c4cc(OC)ccc4OC)c(C)cn23)n(C)c1=O. The van der Waals surface area contributed by atoms with Gasteiger partial charge in [-0.05, 0) is 26.0 Å². The standard InChI is InChI=1S/C21H23N5O4/c1-7-12(2)26-19(27)17-18(23(4)21(26)28)22-20-24(17)11-13(3)25(20)15-10-14(29-5)8-9-16(15)30-6/h7-12H,1H2,2-6H3/t12-/m0/s1. The van der Waals surface area contributed by atoms with E-state index < -0.39 is 17.3 Å². The summed E-state index contributed by atoms with van der Waals surface area (Å²) < 4.78 is 17.0. The molecule has 3 heterocycles. The molecule has 3 aromatic heterocycles. The minimum atomic E-state index is -0.451. The molecule has 0 aliphatic heterocycles. The van der Waals surface area contributed by atoms with Crippen LogP contribution in [0.3, 0.4) is 0 Å². The number of ether oxygens (including phenoxy) is 2. The maximum atomic E-state index is 13.2. The van der Waals surface area contributed by atoms with E-state index in [2.05, 4.69) is 11.6 Å². The minimum absolute atomic E-state index is 0.308. The van der Waals surface area contributed by atoms with E-state index in [4.69, 9.17) is 9.47 Å². The first-order valence-corrected chi connectivity index (χ1v) is 9.40. The van der Waals surface area contributed by atoms with Crippen LogP contribution >= 0.6 is 0 Å². The monoisotopic (exact) mass is 409 g/mol. The molecule has 0 aliphatic rings. The van der Waals surface area contributed by atoms with Crippen molar-refractivity contribution in [1.29, 1.82) is 0 Å². The number of methoxy groups -OCH3 is 2. The Bertz CT molecular complexity index is 1420. The third-order valence-electron chi connectivity index (χ3n) is 5.35. The molecule has 0 amide bonds. The van der Waals surface area contributed by atoms with Crippen molar-refractivity contribution in [2.45, 2.75) is 19.9 Å². The van der Waals surface area contributed by atoms with Crippen molar-refractivity contribution in [1.82, 2.24) is 23.1 Å². The fourth-order valence-corrected chi connectivity index (χ4v) is 3.71. The molecule has 0 spiro atoms. The van der Waals surface area contributed by atoms with E-state index in [9.17, 15) is 9.59 Å². The third kappa shape index (κ3) is 2.58. The predicted molar refractivity (Wildman–Crippen MR) is 114 cm³/mol. The molecule has 9 heteroatoms. The summed E-state index contributed by atoms with van der Waals surface area (Å²) in [7, 11) is 4.78. The van der Waals surface area contributed by atoms with Gasteiger partial charge in [0.15, 0.2) is 11.2 Å². The maximum absolute atomic E-state index is 13.2. The van der Waals surface area contributed by atoms with Gasteiger partial charge >= 0.3 is 5.69 Å². The molecule has 0 bridgehead atoms. The first-order chi connectivity index (χ1) is 14.3. The van der Waals surface area contributed by atoms with E-state index in [0.717, 1.165) is 5.69 Å². The number of imidazole rings is 2. The molecule has 1 aromatic carbocycles. The zero-order valence-electron chi connectivity index (χ0n) is 17.5. The lowest BCUT2D eigenvalue weighted by atomic mass is 10.2. The van der Waals surface area contributed by atoms with Gasteiger partial charge in [0.2, 0.25) is 5.78 Å². The summed E-state index contributed by atoms with van der Waals surface area (Å²) in [4.78, 5) is 30.7. The van der Waals surface area contributed by atoms with Gasteiger partial charge in [0, 0.05) is 25.0 Å². The first kappa shape index (κ1) is 19.6. The molecule has 0 saturated carbocycles. The van der Waals surface area contributed by atoms with Crippen molar-refractivity contribution in [3.8, 4) is 17.2 Å². The van der Waals surface area contributed by atoms with Gasteiger partial charge in [-0.2, -0.15) is 4.98 Å². The lowest BCUT2D eigenvalue weighted by Crippen LogP contribution is -2.40. The van der Waals surface area contributed by atoms with Crippen LogP contribution in [0.5, 0.6) is 11.5 Å². The van der Waals surface area contributed by atoms with Gasteiger partial charge in [-0.25, -0.2) is 4.79 Å². The fourth-order valence-electron chi connectivity index (χ4n) is 3.71. The fraction of sp³-hybridized carbons (Fsp3) is 0.286. The Morgan fingerprint density at radius 3 is 2.57 bits per heavy atom. The largest absolute Gasteiger partial charge is 0.497 e. The van der Waals surface area contributed by atoms with E-state index in [-0.39, 0.29) is 0 Å². The Morgan fingerprint density at radius 1 is 1.20 bits per heavy atom. The van der Waals surface area contributed by atoms with Crippen molar-refractivity contribution in [2.75, 3.05) is 14.2 Å². The predicted octanol–water partition coefficient (Wildman–Crippen LogP) is 2.21. The van der Waals surface area contributed by atoms with Crippen molar-refractivity contribution in [3.05, 3.63) is 63.6 Å². The van der Waals surface area contributed by atoms with Crippen LogP contribution in [0, 0.1) is 6.92 Å². The summed E-state index contributed by atoms with van der Waals surface area (Å²) in [6.07, 6.45) is 3.38. The van der Waals surface area contributed by atoms with Gasteiger partial charge in [-0.15, -0.1) is 6.58 Å². The number of allylic oxidation sites excluding steroid dienone is 1. The second-order valence-electron chi connectivity index (χ2n) is 7.09. The van der Waals surface area contributed by atoms with Crippen molar-refractivity contribution >= 4 is 16.9 Å². The zero-order chi connectivity index (χ0) is 21.7. The molecule has 9 nitrogen and oxygen atoms in total. The molecule has 0 aliphatic carbocycles. The van der Waals surface area contributed by atoms with Crippen LogP contribution < -0.4 is 20.7 Å². The third-order valence-corrected chi connectivity index (χ3v) is 5.35. The molecule has 156 valence electrons. The van der Waals surface area contributed by atoms with Crippen molar-refractivity contribution < 1.29 is 9.47 Å². The quantitative estimate of drug-likeness (QED) is 0.472. The average Bonchev–Trinajstić information content (AvgIpc) is 3.26. The molecule has 0 N–H and O–H groups in total. The highest BCUT2D eigenvalue weighted by Crippen LogP contribution is 2.31. The lowest BCUT2D eigenvalue weighted by Gasteiger charge is -2.13. The van der Waals surface area contributed by atoms with Gasteiger partial charge in [-0.3, -0.25) is 22.9 Å². The summed E-state index contributed by atoms with van der Waals surface area (Å²) >= 11 is 0. The topological polar surface area (TPSA) is 84.7 Å². The van der Waals surface area contributed by atoms with Crippen LogP contribution in [0.15, 0.2) is 46.6 Å². The maximum Gasteiger partial charge on any atom is 0.333 e. The number of hydrogen-bond donors (Lipinski definition) is 0. The molecule has 4 aromatic rings. The van der Waals surface area contributed by atoms with Crippen LogP contribution in [0.2, 0.25) is 0 Å². The molecular formula is C21H23N5O4. The first-order valence-electron chi connectivity index (χ1n) is 9.40. The van der Waals surface area contributed by atoms with Crippen LogP contribution in [0.25, 0.3) is 22.6 Å². The normalized spacial score (nSPS) is 12.4. The van der Waals surface area contributed by atoms with E-state index in [1.165, 1.54) is 9.13 Å². The number of nitrogens with zero attached hydrogens (tertiary/aromatic N) is 5. The van der Waals surface area contributed by atoms with Gasteiger partial charge in [0.05, 0.1) is 25.9 Å². The van der Waals surface area contributed by atoms with Crippen molar-refractivity contribution in [3.63, 3.8) is 0 Å². The molecule has 0 radical (unpaired) electrons. The smallest absolute Gasteiger partial charge is 0.333 e. The summed E-state index contributed by atoms with van der Waals surface area (Å²) in [5, 5.41) is 0. The molecule has 1 atom stereocenters. The van der Waals surface area contributed by atoms with Gasteiger partial charge in [-0.1, -0.05) is 6.08 Å². The Hall–Kier alpha value is -3.75. The number of hydrogen-bond acceptors (Lipinski definition) is 5. The molecular weight excluding hydrogens is 386 g/mol. The number of aryl methyl sites for hydroxylation is 2. The minimum Gasteiger partial charge on any atom is -0.497 e. The second kappa shape index (κ2) is 6.94. The molecule has 4 rings (SSSR count). The highest BCUT2D eigenvalue weighted by Gasteiger charge is 2.23. The Labute approximate surface area is 172 Å². The number of benzene rings is 1. The lowest BCUT2D eigenvalue weighted by molar-refractivity contribution is 0.401. The van der Waals surface area contributed by atoms with Gasteiger partial charge < -0.3 is 9.47 Å². The number of fused-ring (bicyclic) bond motifs is 3. The van der Waals surface area contributed by atoms with Crippen LogP contribution in [0.1, 0.15) is 18.7 Å². The van der Waals surface area contributed by atoms with Crippen molar-refractivity contribution in [2.24, 2.45) is 7.05 Å². The van der Waals surface area contributed by atoms with Crippen LogP contribution in [0.4, 0.5) is 0 Å². The summed E-state index contributed by atoms with van der Waals surface area (Å²) in [5.41, 5.74) is 1.32. The summed E-state index contributed by atoms with van der Waals surface area (Å²) in [5.74, 6) is 1.77. The average molecular weight is 409 g/mol. The van der Waals surface area contributed by atoms with Crippen LogP contribution in [-0.2, 0) is 7.05 Å². The molecule has 0 saturated heterocycles. The van der Waals surface area contributed by atoms with Crippen LogP contribution in [-0.4, -0.2) is 37.3 Å². The van der Waals surface area contributed by atoms with E-state index in [0.29, 0.717) is 34.1 Å². The number of rotatable bonds is 5. The van der Waals surface area contributed by atoms with E-state index in [1.807, 2.05) is 23.8 Å². The highest BCUT2D eigenvalue weighted by atomic mass is 16.5. The highest BCUT2D eigenvalue weighted by molar-refractivity contribution is 5.77. The number of aromatic nitrogens is 5. The molecule has 0 fully saturated rings. The molecule has 30 heavy (non-hydrogen) atoms. The Morgan fingerprint density at radius 2 is 1.93 bits per heavy atom. The van der Waals surface area contributed by atoms with Gasteiger partial charge in [0.1, 0.15) is 11.5 Å². The van der Waals surface area contributed by atoms with E-state index >= 15 is 0 Å². The Balaban J connectivity index is 2.16. The summed E-state index contributed by atoms with van der Waals surface area (Å²) in [6, 6.07) is 5.00. The summed E-state index contributed by atoms with van der Waals surface area (Å²) in [6.45, 7) is 7.37. The van der Waals surface area contributed by atoms with E-state index in [1.54, 1.807) is 50.8 Å². The zero-order valence-corrected chi connectivity index (χ0v) is 17.5. The Kier molecular flexibility index (Phi) is 4.53. The molecule has 0 unspecified atom stereocenters. The second-order valence-corrected chi connectivity index (χ2v) is 7.09. The van der Waals surface area contributed by atoms with Gasteiger partial charge in [0.25, 0.3) is 5.56 Å².